The minimum absolute atomic E-state index is 0.129. The fourth-order valence-corrected chi connectivity index (χ4v) is 4.29. The number of nitrogens with zero attached hydrogens (tertiary/aromatic N) is 3. The van der Waals surface area contributed by atoms with Crippen molar-refractivity contribution in [3.8, 4) is 16.9 Å². The number of carbonyl (C=O) groups is 1. The molecule has 0 spiro atoms. The highest BCUT2D eigenvalue weighted by atomic mass is 35.5. The minimum Gasteiger partial charge on any atom is -0.493 e. The van der Waals surface area contributed by atoms with E-state index in [1.807, 2.05) is 43.3 Å². The second-order valence-corrected chi connectivity index (χ2v) is 8.37. The number of carbonyl (C=O) groups excluding carboxylic acids is 1. The predicted molar refractivity (Wildman–Crippen MR) is 133 cm³/mol. The molecule has 0 aliphatic carbocycles. The molecule has 2 aromatic heterocycles. The number of aromatic nitrogens is 3. The lowest BCUT2D eigenvalue weighted by Gasteiger charge is -2.29. The van der Waals surface area contributed by atoms with Gasteiger partial charge in [0, 0.05) is 60.3 Å². The summed E-state index contributed by atoms with van der Waals surface area (Å²) in [6.07, 6.45) is 5.86. The summed E-state index contributed by atoms with van der Waals surface area (Å²) in [5.74, 6) is 0.506. The number of fused-ring (bicyclic) bond motifs is 1. The molecule has 0 saturated carbocycles. The van der Waals surface area contributed by atoms with Crippen LogP contribution in [0.5, 0.6) is 5.75 Å². The Morgan fingerprint density at radius 3 is 2.79 bits per heavy atom. The van der Waals surface area contributed by atoms with E-state index in [1.165, 1.54) is 0 Å². The molecule has 0 saturated heterocycles. The second-order valence-electron chi connectivity index (χ2n) is 7.93. The van der Waals surface area contributed by atoms with Crippen molar-refractivity contribution >= 4 is 28.4 Å². The molecule has 0 fully saturated rings. The number of nitrogens with one attached hydrogen (secondary N) is 1. The first-order valence-electron chi connectivity index (χ1n) is 11.1. The first-order chi connectivity index (χ1) is 16.5. The van der Waals surface area contributed by atoms with Gasteiger partial charge < -0.3 is 14.4 Å². The molecule has 0 unspecified atom stereocenters. The third kappa shape index (κ3) is 4.90. The van der Waals surface area contributed by atoms with Crippen molar-refractivity contribution in [2.45, 2.75) is 19.4 Å². The summed E-state index contributed by atoms with van der Waals surface area (Å²) in [6, 6.07) is 12.8. The van der Waals surface area contributed by atoms with Gasteiger partial charge in [0.1, 0.15) is 5.75 Å². The Kier molecular flexibility index (Phi) is 7.45. The molecule has 1 N–H and O–H groups in total. The monoisotopic (exact) mass is 478 g/mol. The van der Waals surface area contributed by atoms with Gasteiger partial charge in [0.25, 0.3) is 5.91 Å². The number of rotatable bonds is 9. The van der Waals surface area contributed by atoms with Gasteiger partial charge >= 0.3 is 0 Å². The number of methoxy groups -OCH3 is 1. The van der Waals surface area contributed by atoms with Crippen LogP contribution in [0.4, 0.5) is 0 Å². The summed E-state index contributed by atoms with van der Waals surface area (Å²) in [5.41, 5.74) is 4.10. The van der Waals surface area contributed by atoms with Crippen LogP contribution in [0.1, 0.15) is 35.3 Å². The molecule has 2 heterocycles. The van der Waals surface area contributed by atoms with Gasteiger partial charge in [-0.25, -0.2) is 0 Å². The van der Waals surface area contributed by atoms with Gasteiger partial charge in [-0.2, -0.15) is 5.10 Å². The van der Waals surface area contributed by atoms with Gasteiger partial charge in [0.2, 0.25) is 0 Å². The van der Waals surface area contributed by atoms with Crippen molar-refractivity contribution in [2.24, 2.45) is 0 Å². The number of H-pyrrole nitrogens is 1. The maximum Gasteiger partial charge on any atom is 0.254 e. The number of ether oxygens (including phenoxy) is 2. The van der Waals surface area contributed by atoms with Crippen molar-refractivity contribution in [3.05, 3.63) is 77.2 Å². The maximum absolute atomic E-state index is 13.6. The molecular formula is C26H27ClN4O3. The van der Waals surface area contributed by atoms with E-state index in [0.29, 0.717) is 36.0 Å². The van der Waals surface area contributed by atoms with E-state index >= 15 is 0 Å². The van der Waals surface area contributed by atoms with Crippen molar-refractivity contribution in [3.63, 3.8) is 0 Å². The van der Waals surface area contributed by atoms with Crippen molar-refractivity contribution in [2.75, 3.05) is 27.4 Å². The van der Waals surface area contributed by atoms with Crippen LogP contribution in [0.3, 0.4) is 0 Å². The lowest BCUT2D eigenvalue weighted by molar-refractivity contribution is 0.0690. The number of hydrogen-bond donors (Lipinski definition) is 1. The number of benzene rings is 2. The summed E-state index contributed by atoms with van der Waals surface area (Å²) in [5, 5.41) is 8.71. The standard InChI is InChI=1S/C26H27ClN4O3/c1-4-34-24-13-18(8-9-21(24)17-6-5-7-20(27)12-17)26(32)31(2)23(10-11-33-3)22-16-28-14-19-15-29-30-25(19)22/h5-9,12-16,23H,4,10-11H2,1-3H3,(H,29,30)/t23-/m1/s1. The fourth-order valence-electron chi connectivity index (χ4n) is 4.10. The fraction of sp³-hybridized carbons (Fsp3) is 0.269. The minimum atomic E-state index is -0.257. The third-order valence-corrected chi connectivity index (χ3v) is 6.03. The van der Waals surface area contributed by atoms with Crippen LogP contribution in [0, 0.1) is 0 Å². The Morgan fingerprint density at radius 2 is 2.03 bits per heavy atom. The van der Waals surface area contributed by atoms with E-state index in [2.05, 4.69) is 15.2 Å². The van der Waals surface area contributed by atoms with Crippen LogP contribution < -0.4 is 4.74 Å². The zero-order valence-corrected chi connectivity index (χ0v) is 20.2. The molecule has 0 radical (unpaired) electrons. The Hall–Kier alpha value is -3.42. The van der Waals surface area contributed by atoms with Gasteiger partial charge in [-0.3, -0.25) is 14.9 Å². The Balaban J connectivity index is 1.69. The average molecular weight is 479 g/mol. The number of halogens is 1. The molecule has 8 heteroatoms. The number of hydrogen-bond acceptors (Lipinski definition) is 5. The van der Waals surface area contributed by atoms with E-state index in [1.54, 1.807) is 43.7 Å². The van der Waals surface area contributed by atoms with Crippen molar-refractivity contribution < 1.29 is 14.3 Å². The summed E-state index contributed by atoms with van der Waals surface area (Å²) >= 11 is 6.19. The first-order valence-corrected chi connectivity index (χ1v) is 11.5. The van der Waals surface area contributed by atoms with E-state index in [0.717, 1.165) is 27.6 Å². The quantitative estimate of drug-likeness (QED) is 0.342. The van der Waals surface area contributed by atoms with Gasteiger partial charge in [0.15, 0.2) is 0 Å². The molecular weight excluding hydrogens is 452 g/mol. The predicted octanol–water partition coefficient (Wildman–Crippen LogP) is 5.53. The van der Waals surface area contributed by atoms with Crippen molar-refractivity contribution in [1.29, 1.82) is 0 Å². The summed E-state index contributed by atoms with van der Waals surface area (Å²) in [4.78, 5) is 19.7. The molecule has 2 aromatic carbocycles. The highest BCUT2D eigenvalue weighted by Gasteiger charge is 2.26. The average Bonchev–Trinajstić information content (AvgIpc) is 3.33. The SMILES string of the molecule is CCOc1cc(C(=O)N(C)[C@H](CCOC)c2cncc3cn[nH]c23)ccc1-c1cccc(Cl)c1. The number of aromatic amines is 1. The summed E-state index contributed by atoms with van der Waals surface area (Å²) in [6.45, 7) is 2.89. The van der Waals surface area contributed by atoms with Crippen molar-refractivity contribution in [1.82, 2.24) is 20.1 Å². The highest BCUT2D eigenvalue weighted by molar-refractivity contribution is 6.30. The summed E-state index contributed by atoms with van der Waals surface area (Å²) < 4.78 is 11.2. The molecule has 1 amide bonds. The molecule has 176 valence electrons. The second kappa shape index (κ2) is 10.7. The van der Waals surface area contributed by atoms with Crippen LogP contribution in [-0.4, -0.2) is 53.4 Å². The van der Waals surface area contributed by atoms with Gasteiger partial charge in [-0.05, 0) is 49.2 Å². The van der Waals surface area contributed by atoms with Gasteiger partial charge in [-0.1, -0.05) is 23.7 Å². The smallest absolute Gasteiger partial charge is 0.254 e. The molecule has 0 aliphatic rings. The Morgan fingerprint density at radius 1 is 1.18 bits per heavy atom. The Bertz CT molecular complexity index is 1290. The molecule has 7 nitrogen and oxygen atoms in total. The molecule has 4 rings (SSSR count). The summed E-state index contributed by atoms with van der Waals surface area (Å²) in [7, 11) is 3.44. The van der Waals surface area contributed by atoms with Crippen LogP contribution >= 0.6 is 11.6 Å². The van der Waals surface area contributed by atoms with E-state index in [-0.39, 0.29) is 11.9 Å². The van der Waals surface area contributed by atoms with Crippen LogP contribution in [0.2, 0.25) is 5.02 Å². The number of amides is 1. The molecule has 1 atom stereocenters. The first kappa shape index (κ1) is 23.7. The highest BCUT2D eigenvalue weighted by Crippen LogP contribution is 2.34. The molecule has 0 aliphatic heterocycles. The van der Waals surface area contributed by atoms with E-state index in [4.69, 9.17) is 21.1 Å². The van der Waals surface area contributed by atoms with E-state index < -0.39 is 0 Å². The van der Waals surface area contributed by atoms with Crippen LogP contribution in [-0.2, 0) is 4.74 Å². The van der Waals surface area contributed by atoms with Crippen LogP contribution in [0.15, 0.2) is 61.1 Å². The zero-order chi connectivity index (χ0) is 24.1. The molecule has 0 bridgehead atoms. The normalized spacial score (nSPS) is 12.0. The Labute approximate surface area is 203 Å². The largest absolute Gasteiger partial charge is 0.493 e. The van der Waals surface area contributed by atoms with Gasteiger partial charge in [0.05, 0.1) is 24.4 Å². The van der Waals surface area contributed by atoms with Gasteiger partial charge in [-0.15, -0.1) is 0 Å². The number of pyridine rings is 1. The van der Waals surface area contributed by atoms with Crippen LogP contribution in [0.25, 0.3) is 22.0 Å². The van der Waals surface area contributed by atoms with E-state index in [9.17, 15) is 4.79 Å². The zero-order valence-electron chi connectivity index (χ0n) is 19.4. The molecule has 34 heavy (non-hydrogen) atoms. The lowest BCUT2D eigenvalue weighted by atomic mass is 9.99. The third-order valence-electron chi connectivity index (χ3n) is 5.79. The topological polar surface area (TPSA) is 80.3 Å². The lowest BCUT2D eigenvalue weighted by Crippen LogP contribution is -2.32. The maximum atomic E-state index is 13.6. The molecule has 4 aromatic rings.